The van der Waals surface area contributed by atoms with E-state index in [-0.39, 0.29) is 61.3 Å². The molecular weight excluding hydrogens is 661 g/mol. The van der Waals surface area contributed by atoms with Crippen LogP contribution < -0.4 is 10.1 Å². The van der Waals surface area contributed by atoms with Crippen molar-refractivity contribution in [2.24, 2.45) is 17.8 Å². The van der Waals surface area contributed by atoms with Crippen molar-refractivity contribution in [1.29, 1.82) is 0 Å². The fourth-order valence-electron chi connectivity index (χ4n) is 9.23. The van der Waals surface area contributed by atoms with Crippen LogP contribution in [-0.2, 0) is 11.0 Å². The maximum atomic E-state index is 14.6. The maximum absolute atomic E-state index is 14.6. The smallest absolute Gasteiger partial charge is 0.434 e. The lowest BCUT2D eigenvalue weighted by Gasteiger charge is -2.46. The number of nitrogens with zero attached hydrogens (tertiary/aromatic N) is 4. The summed E-state index contributed by atoms with van der Waals surface area (Å²) in [6, 6.07) is 5.71. The molecular formula is C36H40F5N5O4. The number of aliphatic carboxylic acids is 1. The van der Waals surface area contributed by atoms with Crippen LogP contribution in [0.2, 0.25) is 0 Å². The van der Waals surface area contributed by atoms with E-state index in [0.29, 0.717) is 29.5 Å². The fourth-order valence-corrected chi connectivity index (χ4v) is 9.23. The third-order valence-corrected chi connectivity index (χ3v) is 11.7. The molecule has 4 aliphatic carbocycles. The lowest BCUT2D eigenvalue weighted by molar-refractivity contribution is -0.151. The van der Waals surface area contributed by atoms with Gasteiger partial charge < -0.3 is 19.7 Å². The zero-order valence-electron chi connectivity index (χ0n) is 27.7. The summed E-state index contributed by atoms with van der Waals surface area (Å²) in [6.07, 6.45) is 4.55. The van der Waals surface area contributed by atoms with Gasteiger partial charge in [-0.3, -0.25) is 9.69 Å². The Balaban J connectivity index is 1.05. The van der Waals surface area contributed by atoms with Gasteiger partial charge in [0.05, 0.1) is 30.3 Å². The Bertz CT molecular complexity index is 1830. The van der Waals surface area contributed by atoms with E-state index in [1.807, 2.05) is 22.5 Å². The Morgan fingerprint density at radius 3 is 2.40 bits per heavy atom. The molecule has 1 amide bonds. The zero-order chi connectivity index (χ0) is 35.2. The minimum absolute atomic E-state index is 0.0712. The number of aromatic nitrogens is 3. The minimum Gasteiger partial charge on any atom is -0.490 e. The quantitative estimate of drug-likeness (QED) is 0.241. The maximum Gasteiger partial charge on any atom is 0.434 e. The minimum atomic E-state index is -5.01. The number of carboxylic acid groups (broad SMARTS) is 1. The highest BCUT2D eigenvalue weighted by molar-refractivity contribution is 6.00. The molecule has 5 fully saturated rings. The van der Waals surface area contributed by atoms with Crippen LogP contribution in [0.25, 0.3) is 22.3 Å². The van der Waals surface area contributed by atoms with Crippen molar-refractivity contribution in [1.82, 2.24) is 24.8 Å². The Morgan fingerprint density at radius 2 is 1.74 bits per heavy atom. The monoisotopic (exact) mass is 701 g/mol. The number of carbonyl (C=O) groups is 2. The van der Waals surface area contributed by atoms with E-state index in [2.05, 4.69) is 15.3 Å². The van der Waals surface area contributed by atoms with Crippen LogP contribution in [0.15, 0.2) is 30.6 Å². The zero-order valence-corrected chi connectivity index (χ0v) is 27.7. The Labute approximate surface area is 285 Å². The second kappa shape index (κ2) is 11.9. The highest BCUT2D eigenvalue weighted by Crippen LogP contribution is 2.51. The summed E-state index contributed by atoms with van der Waals surface area (Å²) in [5, 5.41) is 13.4. The van der Waals surface area contributed by atoms with Crippen LogP contribution in [0.1, 0.15) is 93.2 Å². The van der Waals surface area contributed by atoms with E-state index in [1.165, 1.54) is 0 Å². The van der Waals surface area contributed by atoms with E-state index in [0.717, 1.165) is 56.7 Å². The van der Waals surface area contributed by atoms with Crippen molar-refractivity contribution in [3.63, 3.8) is 0 Å². The highest BCUT2D eigenvalue weighted by Gasteiger charge is 2.56. The van der Waals surface area contributed by atoms with Gasteiger partial charge in [-0.1, -0.05) is 6.92 Å². The first kappa shape index (κ1) is 33.3. The fraction of sp³-hybridized carbons (Fsp3) is 0.611. The SMILES string of the molecule is CC1CC2CC(C1)C(NC(=O)c1cnc(-c3cn(C4CC4)c4cc(OC5CCC(N6CC(F)(F)C6)CC5)ccc34)nc1C(F)(F)F)(C(=O)O)C2. The van der Waals surface area contributed by atoms with Gasteiger partial charge in [-0.15, -0.1) is 0 Å². The predicted octanol–water partition coefficient (Wildman–Crippen LogP) is 7.10. The first-order valence-corrected chi connectivity index (χ1v) is 17.6. The molecule has 0 radical (unpaired) electrons. The topological polar surface area (TPSA) is 110 Å². The van der Waals surface area contributed by atoms with Gasteiger partial charge in [0, 0.05) is 41.5 Å². The molecule has 1 saturated heterocycles. The number of likely N-dealkylation sites (tertiary alicyclic amines) is 1. The summed E-state index contributed by atoms with van der Waals surface area (Å²) in [7, 11) is 0. The number of carbonyl (C=O) groups excluding carboxylic acids is 1. The third kappa shape index (κ3) is 6.00. The van der Waals surface area contributed by atoms with Gasteiger partial charge in [0.2, 0.25) is 0 Å². The van der Waals surface area contributed by atoms with Crippen LogP contribution in [0.4, 0.5) is 22.0 Å². The molecule has 5 aliphatic rings. The Kier molecular flexibility index (Phi) is 7.92. The average molecular weight is 702 g/mol. The number of fused-ring (bicyclic) bond motifs is 3. The van der Waals surface area contributed by atoms with Gasteiger partial charge in [0.25, 0.3) is 11.8 Å². The van der Waals surface area contributed by atoms with Crippen molar-refractivity contribution in [3.8, 4) is 17.1 Å². The summed E-state index contributed by atoms with van der Waals surface area (Å²) in [5.41, 5.74) is -2.73. The van der Waals surface area contributed by atoms with Crippen molar-refractivity contribution in [3.05, 3.63) is 41.9 Å². The van der Waals surface area contributed by atoms with Gasteiger partial charge in [-0.25, -0.2) is 23.5 Å². The first-order valence-electron chi connectivity index (χ1n) is 17.6. The van der Waals surface area contributed by atoms with Gasteiger partial charge >= 0.3 is 12.1 Å². The van der Waals surface area contributed by atoms with Crippen LogP contribution in [-0.4, -0.2) is 73.1 Å². The molecule has 4 atom stereocenters. The Morgan fingerprint density at radius 1 is 1.02 bits per heavy atom. The summed E-state index contributed by atoms with van der Waals surface area (Å²) >= 11 is 0. The number of benzene rings is 1. The molecule has 2 bridgehead atoms. The predicted molar refractivity (Wildman–Crippen MR) is 172 cm³/mol. The van der Waals surface area contributed by atoms with Crippen molar-refractivity contribution in [2.45, 2.75) is 107 Å². The molecule has 268 valence electrons. The van der Waals surface area contributed by atoms with Crippen LogP contribution in [0, 0.1) is 17.8 Å². The Hall–Kier alpha value is -3.81. The molecule has 8 rings (SSSR count). The van der Waals surface area contributed by atoms with Gasteiger partial charge in [-0.2, -0.15) is 13.2 Å². The number of carboxylic acids is 1. The number of hydrogen-bond donors (Lipinski definition) is 2. The van der Waals surface area contributed by atoms with E-state index in [4.69, 9.17) is 4.74 Å². The van der Waals surface area contributed by atoms with Crippen LogP contribution in [0.5, 0.6) is 5.75 Å². The van der Waals surface area contributed by atoms with E-state index in [1.54, 1.807) is 18.3 Å². The second-order valence-electron chi connectivity index (χ2n) is 15.4. The summed E-state index contributed by atoms with van der Waals surface area (Å²) < 4.78 is 78.7. The molecule has 1 aliphatic heterocycles. The number of amides is 1. The molecule has 9 nitrogen and oxygen atoms in total. The molecule has 2 aromatic heterocycles. The van der Waals surface area contributed by atoms with Gasteiger partial charge in [-0.05, 0) is 94.1 Å². The molecule has 14 heteroatoms. The van der Waals surface area contributed by atoms with Gasteiger partial charge in [0.15, 0.2) is 11.5 Å². The number of halogens is 5. The molecule has 3 heterocycles. The molecule has 2 N–H and O–H groups in total. The van der Waals surface area contributed by atoms with Gasteiger partial charge in [0.1, 0.15) is 11.3 Å². The molecule has 4 saturated carbocycles. The summed E-state index contributed by atoms with van der Waals surface area (Å²) in [4.78, 5) is 36.1. The van der Waals surface area contributed by atoms with Crippen molar-refractivity contribution >= 4 is 22.8 Å². The lowest BCUT2D eigenvalue weighted by Crippen LogP contribution is -2.60. The third-order valence-electron chi connectivity index (χ3n) is 11.7. The van der Waals surface area contributed by atoms with Crippen molar-refractivity contribution < 1.29 is 41.4 Å². The molecule has 0 spiro atoms. The van der Waals surface area contributed by atoms with Crippen LogP contribution >= 0.6 is 0 Å². The number of alkyl halides is 5. The lowest BCUT2D eigenvalue weighted by atomic mass is 9.78. The van der Waals surface area contributed by atoms with E-state index < -0.39 is 40.8 Å². The van der Waals surface area contributed by atoms with E-state index in [9.17, 15) is 36.6 Å². The van der Waals surface area contributed by atoms with Crippen molar-refractivity contribution in [2.75, 3.05) is 13.1 Å². The molecule has 1 aromatic carbocycles. The standard InChI is InChI=1S/C36H40F5N5O4/c1-19-10-20-12-21(11-19)35(14-20,33(48)49)44-32(47)27-15-42-31(43-30(27)36(39,40)41)28-16-46(23-2-3-23)29-13-25(8-9-26(28)29)50-24-6-4-22(5-7-24)45-17-34(37,38)18-45/h8-9,13,15-16,19-24H,2-7,10-12,14,17-18H2,1H3,(H,44,47)(H,48,49). The summed E-state index contributed by atoms with van der Waals surface area (Å²) in [5.74, 6) is -4.57. The second-order valence-corrected chi connectivity index (χ2v) is 15.4. The number of hydrogen-bond acceptors (Lipinski definition) is 6. The summed E-state index contributed by atoms with van der Waals surface area (Å²) in [6.45, 7) is 1.66. The number of ether oxygens (including phenoxy) is 1. The first-order chi connectivity index (χ1) is 23.7. The highest BCUT2D eigenvalue weighted by atomic mass is 19.4. The van der Waals surface area contributed by atoms with Crippen LogP contribution in [0.3, 0.4) is 0 Å². The van der Waals surface area contributed by atoms with E-state index >= 15 is 0 Å². The molecule has 50 heavy (non-hydrogen) atoms. The molecule has 3 aromatic rings. The number of rotatable bonds is 8. The normalized spacial score (nSPS) is 31.0. The molecule has 4 unspecified atom stereocenters. The number of nitrogens with one attached hydrogen (secondary N) is 1. The average Bonchev–Trinajstić information content (AvgIpc) is 3.77. The largest absolute Gasteiger partial charge is 0.490 e.